The topological polar surface area (TPSA) is 87.3 Å². The molecule has 3 N–H and O–H groups in total. The highest BCUT2D eigenvalue weighted by atomic mass is 16.2. The zero-order valence-electron chi connectivity index (χ0n) is 15.7. The van der Waals surface area contributed by atoms with Gasteiger partial charge in [0.05, 0.1) is 0 Å². The van der Waals surface area contributed by atoms with Crippen molar-refractivity contribution in [3.8, 4) is 0 Å². The van der Waals surface area contributed by atoms with E-state index in [1.54, 1.807) is 24.3 Å². The Morgan fingerprint density at radius 2 is 1.33 bits per heavy atom. The van der Waals surface area contributed by atoms with Gasteiger partial charge in [0.1, 0.15) is 5.41 Å². The molecule has 27 heavy (non-hydrogen) atoms. The maximum absolute atomic E-state index is 12.8. The fraction of sp³-hybridized carbons (Fsp3) is 0.286. The average Bonchev–Trinajstić information content (AvgIpc) is 3.40. The van der Waals surface area contributed by atoms with E-state index in [0.717, 1.165) is 16.8 Å². The Morgan fingerprint density at radius 3 is 1.89 bits per heavy atom. The maximum atomic E-state index is 12.8. The van der Waals surface area contributed by atoms with Crippen LogP contribution in [0.25, 0.3) is 0 Å². The number of nitrogens with one attached hydrogen (secondary N) is 3. The van der Waals surface area contributed by atoms with Crippen LogP contribution in [-0.4, -0.2) is 17.7 Å². The van der Waals surface area contributed by atoms with Gasteiger partial charge in [-0.05, 0) is 56.0 Å². The zero-order valence-corrected chi connectivity index (χ0v) is 15.7. The van der Waals surface area contributed by atoms with Crippen molar-refractivity contribution in [2.24, 2.45) is 5.41 Å². The highest BCUT2D eigenvalue weighted by molar-refractivity contribution is 6.17. The maximum Gasteiger partial charge on any atom is 0.240 e. The van der Waals surface area contributed by atoms with Crippen LogP contribution in [0.5, 0.6) is 0 Å². The summed E-state index contributed by atoms with van der Waals surface area (Å²) in [6.45, 7) is 5.27. The summed E-state index contributed by atoms with van der Waals surface area (Å²) in [7, 11) is 0. The van der Waals surface area contributed by atoms with Gasteiger partial charge >= 0.3 is 0 Å². The third-order valence-corrected chi connectivity index (χ3v) is 4.78. The normalized spacial score (nSPS) is 14.2. The van der Waals surface area contributed by atoms with Crippen molar-refractivity contribution in [2.75, 3.05) is 16.0 Å². The number of carbonyl (C=O) groups excluding carboxylic acids is 3. The quantitative estimate of drug-likeness (QED) is 0.707. The van der Waals surface area contributed by atoms with Crippen LogP contribution in [0.3, 0.4) is 0 Å². The summed E-state index contributed by atoms with van der Waals surface area (Å²) < 4.78 is 0. The highest BCUT2D eigenvalue weighted by Crippen LogP contribution is 2.47. The molecule has 0 saturated heterocycles. The summed E-state index contributed by atoms with van der Waals surface area (Å²) in [6, 6.07) is 12.6. The standard InChI is InChI=1S/C21H23N3O3/c1-13-6-4-7-14(2)18(13)24-20(27)21(10-11-21)19(26)23-17-9-5-8-16(12-17)22-15(3)25/h4-9,12H,10-11H2,1-3H3,(H,22,25)(H,23,26)(H,24,27). The van der Waals surface area contributed by atoms with Crippen LogP contribution in [0.2, 0.25) is 0 Å². The number of amides is 3. The first-order valence-electron chi connectivity index (χ1n) is 8.88. The third kappa shape index (κ3) is 4.00. The molecule has 0 bridgehead atoms. The van der Waals surface area contributed by atoms with E-state index in [4.69, 9.17) is 0 Å². The molecule has 2 aromatic carbocycles. The molecule has 6 heteroatoms. The number of rotatable bonds is 5. The minimum atomic E-state index is -1.04. The van der Waals surface area contributed by atoms with Gasteiger partial charge < -0.3 is 16.0 Å². The van der Waals surface area contributed by atoms with Crippen molar-refractivity contribution in [3.05, 3.63) is 53.6 Å². The van der Waals surface area contributed by atoms with E-state index in [1.807, 2.05) is 32.0 Å². The molecule has 0 spiro atoms. The van der Waals surface area contributed by atoms with E-state index in [2.05, 4.69) is 16.0 Å². The summed E-state index contributed by atoms with van der Waals surface area (Å²) in [5.41, 5.74) is 2.76. The first-order valence-corrected chi connectivity index (χ1v) is 8.88. The summed E-state index contributed by atoms with van der Waals surface area (Å²) in [4.78, 5) is 36.8. The van der Waals surface area contributed by atoms with E-state index in [9.17, 15) is 14.4 Å². The molecule has 0 aliphatic heterocycles. The van der Waals surface area contributed by atoms with Crippen LogP contribution in [0.15, 0.2) is 42.5 Å². The van der Waals surface area contributed by atoms with Crippen molar-refractivity contribution in [3.63, 3.8) is 0 Å². The van der Waals surface area contributed by atoms with Gasteiger partial charge in [0.15, 0.2) is 0 Å². The number of carbonyl (C=O) groups is 3. The van der Waals surface area contributed by atoms with Gasteiger partial charge in [0, 0.05) is 24.0 Å². The molecule has 0 unspecified atom stereocenters. The van der Waals surface area contributed by atoms with E-state index >= 15 is 0 Å². The lowest BCUT2D eigenvalue weighted by Crippen LogP contribution is -2.36. The first kappa shape index (κ1) is 18.6. The number of hydrogen-bond acceptors (Lipinski definition) is 3. The molecule has 1 saturated carbocycles. The molecule has 2 aromatic rings. The fourth-order valence-electron chi connectivity index (χ4n) is 3.06. The first-order chi connectivity index (χ1) is 12.8. The van der Waals surface area contributed by atoms with Crippen molar-refractivity contribution < 1.29 is 14.4 Å². The summed E-state index contributed by atoms with van der Waals surface area (Å²) in [5, 5.41) is 8.40. The smallest absolute Gasteiger partial charge is 0.240 e. The Morgan fingerprint density at radius 1 is 0.815 bits per heavy atom. The molecule has 6 nitrogen and oxygen atoms in total. The van der Waals surface area contributed by atoms with Crippen LogP contribution < -0.4 is 16.0 Å². The highest BCUT2D eigenvalue weighted by Gasteiger charge is 2.56. The number of benzene rings is 2. The Hall–Kier alpha value is -3.15. The van der Waals surface area contributed by atoms with Crippen molar-refractivity contribution in [2.45, 2.75) is 33.6 Å². The van der Waals surface area contributed by atoms with E-state index in [0.29, 0.717) is 24.2 Å². The molecule has 140 valence electrons. The van der Waals surface area contributed by atoms with Crippen LogP contribution in [0.1, 0.15) is 30.9 Å². The van der Waals surface area contributed by atoms with Gasteiger partial charge in [0.2, 0.25) is 17.7 Å². The molecule has 1 fully saturated rings. The second kappa shape index (κ2) is 7.23. The van der Waals surface area contributed by atoms with Gasteiger partial charge in [0.25, 0.3) is 0 Å². The Kier molecular flexibility index (Phi) is 4.99. The minimum absolute atomic E-state index is 0.190. The molecular weight excluding hydrogens is 342 g/mol. The van der Waals surface area contributed by atoms with Crippen molar-refractivity contribution in [1.82, 2.24) is 0 Å². The lowest BCUT2D eigenvalue weighted by molar-refractivity contribution is -0.131. The Bertz CT molecular complexity index is 896. The summed E-state index contributed by atoms with van der Waals surface area (Å²) >= 11 is 0. The predicted molar refractivity (Wildman–Crippen MR) is 106 cm³/mol. The van der Waals surface area contributed by atoms with E-state index < -0.39 is 5.41 Å². The molecule has 1 aliphatic carbocycles. The molecule has 0 heterocycles. The van der Waals surface area contributed by atoms with Crippen LogP contribution in [0.4, 0.5) is 17.1 Å². The van der Waals surface area contributed by atoms with E-state index in [-0.39, 0.29) is 17.7 Å². The van der Waals surface area contributed by atoms with Crippen LogP contribution in [0, 0.1) is 19.3 Å². The molecule has 1 aliphatic rings. The largest absolute Gasteiger partial charge is 0.326 e. The number of hydrogen-bond donors (Lipinski definition) is 3. The van der Waals surface area contributed by atoms with E-state index in [1.165, 1.54) is 6.92 Å². The predicted octanol–water partition coefficient (Wildman–Crippen LogP) is 3.62. The van der Waals surface area contributed by atoms with Crippen LogP contribution >= 0.6 is 0 Å². The molecule has 0 atom stereocenters. The van der Waals surface area contributed by atoms with Gasteiger partial charge in [-0.3, -0.25) is 14.4 Å². The molecule has 3 amide bonds. The second-order valence-electron chi connectivity index (χ2n) is 7.02. The van der Waals surface area contributed by atoms with Gasteiger partial charge in [-0.2, -0.15) is 0 Å². The molecule has 0 radical (unpaired) electrons. The van der Waals surface area contributed by atoms with Crippen molar-refractivity contribution in [1.29, 1.82) is 0 Å². The summed E-state index contributed by atoms with van der Waals surface area (Å²) in [6.07, 6.45) is 1.03. The molecular formula is C21H23N3O3. The van der Waals surface area contributed by atoms with Gasteiger partial charge in [-0.1, -0.05) is 24.3 Å². The number of para-hydroxylation sites is 1. The van der Waals surface area contributed by atoms with Crippen LogP contribution in [-0.2, 0) is 14.4 Å². The molecule has 0 aromatic heterocycles. The number of aryl methyl sites for hydroxylation is 2. The summed E-state index contributed by atoms with van der Waals surface area (Å²) in [5.74, 6) is -0.799. The van der Waals surface area contributed by atoms with Gasteiger partial charge in [-0.25, -0.2) is 0 Å². The monoisotopic (exact) mass is 365 g/mol. The average molecular weight is 365 g/mol. The Labute approximate surface area is 158 Å². The fourth-order valence-corrected chi connectivity index (χ4v) is 3.06. The Balaban J connectivity index is 1.73. The molecule has 3 rings (SSSR count). The minimum Gasteiger partial charge on any atom is -0.326 e. The van der Waals surface area contributed by atoms with Gasteiger partial charge in [-0.15, -0.1) is 0 Å². The number of anilines is 3. The SMILES string of the molecule is CC(=O)Nc1cccc(NC(=O)C2(C(=O)Nc3c(C)cccc3C)CC2)c1. The zero-order chi connectivity index (χ0) is 19.6. The lowest BCUT2D eigenvalue weighted by atomic mass is 10.0. The van der Waals surface area contributed by atoms with Crippen molar-refractivity contribution >= 4 is 34.8 Å². The lowest BCUT2D eigenvalue weighted by Gasteiger charge is -2.18. The second-order valence-corrected chi connectivity index (χ2v) is 7.02. The third-order valence-electron chi connectivity index (χ3n) is 4.78.